The number of nitrogens with zero attached hydrogens (tertiary/aromatic N) is 8. The van der Waals surface area contributed by atoms with Crippen molar-refractivity contribution in [2.45, 2.75) is 56.7 Å². The molecule has 0 bridgehead atoms. The third-order valence-electron chi connectivity index (χ3n) is 12.8. The summed E-state index contributed by atoms with van der Waals surface area (Å²) in [7, 11) is 1.95. The van der Waals surface area contributed by atoms with Crippen molar-refractivity contribution < 1.29 is 29.1 Å². The number of hydrogen-bond donors (Lipinski definition) is 3. The van der Waals surface area contributed by atoms with Crippen LogP contribution in [0.15, 0.2) is 48.5 Å². The summed E-state index contributed by atoms with van der Waals surface area (Å²) in [5.41, 5.74) is 3.69. The predicted octanol–water partition coefficient (Wildman–Crippen LogP) is 2.60. The molecule has 1 aromatic heterocycles. The van der Waals surface area contributed by atoms with E-state index in [1.54, 1.807) is 24.3 Å². The lowest BCUT2D eigenvalue weighted by atomic mass is 9.94. The Balaban J connectivity index is 0.739. The topological polar surface area (TPSA) is 175 Å². The molecule has 3 N–H and O–H groups in total. The number of likely N-dealkylation sites (tertiary alicyclic amines) is 1. The highest BCUT2D eigenvalue weighted by Gasteiger charge is 2.45. The van der Waals surface area contributed by atoms with Crippen LogP contribution in [0.5, 0.6) is 5.75 Å². The normalized spacial score (nSPS) is 23.2. The van der Waals surface area contributed by atoms with E-state index in [1.165, 1.54) is 0 Å². The van der Waals surface area contributed by atoms with Crippen molar-refractivity contribution in [3.05, 3.63) is 59.7 Å². The summed E-state index contributed by atoms with van der Waals surface area (Å²) < 4.78 is 0. The number of amides is 6. The van der Waals surface area contributed by atoms with E-state index < -0.39 is 29.7 Å². The highest BCUT2D eigenvalue weighted by molar-refractivity contribution is 6.23. The van der Waals surface area contributed by atoms with Crippen LogP contribution in [0, 0.1) is 5.92 Å². The molecule has 3 aromatic rings. The lowest BCUT2D eigenvalue weighted by Gasteiger charge is -2.47. The number of carbonyl (C=O) groups excluding carboxylic acids is 5. The first-order valence-electron chi connectivity index (χ1n) is 20.1. The van der Waals surface area contributed by atoms with Crippen molar-refractivity contribution in [3.63, 3.8) is 0 Å². The number of benzene rings is 2. The Morgan fingerprint density at radius 2 is 1.63 bits per heavy atom. The van der Waals surface area contributed by atoms with Gasteiger partial charge in [-0.15, -0.1) is 10.2 Å². The molecule has 16 heteroatoms. The van der Waals surface area contributed by atoms with E-state index in [4.69, 9.17) is 0 Å². The van der Waals surface area contributed by atoms with E-state index in [2.05, 4.69) is 35.5 Å². The maximum absolute atomic E-state index is 13.8. The van der Waals surface area contributed by atoms with Crippen LogP contribution in [0.25, 0.3) is 11.3 Å². The molecule has 4 fully saturated rings. The number of piperazine rings is 1. The largest absolute Gasteiger partial charge is 0.507 e. The first kappa shape index (κ1) is 36.8. The van der Waals surface area contributed by atoms with E-state index >= 15 is 0 Å². The first-order valence-corrected chi connectivity index (χ1v) is 20.1. The number of aromatic nitrogens is 2. The number of rotatable bonds is 6. The number of piperidine rings is 3. The number of imide groups is 2. The van der Waals surface area contributed by atoms with Gasteiger partial charge in [0.15, 0.2) is 5.82 Å². The summed E-state index contributed by atoms with van der Waals surface area (Å²) in [4.78, 5) is 76.4. The van der Waals surface area contributed by atoms with Crippen LogP contribution in [0.2, 0.25) is 0 Å². The fraction of sp³-hybridized carbons (Fsp3) is 0.488. The Hall–Kier alpha value is -5.77. The summed E-state index contributed by atoms with van der Waals surface area (Å²) in [5.74, 6) is -0.542. The van der Waals surface area contributed by atoms with E-state index in [0.29, 0.717) is 54.5 Å². The number of aromatic hydroxyl groups is 1. The van der Waals surface area contributed by atoms with E-state index in [0.717, 1.165) is 80.5 Å². The van der Waals surface area contributed by atoms with Crippen molar-refractivity contribution in [1.29, 1.82) is 0 Å². The van der Waals surface area contributed by atoms with Crippen molar-refractivity contribution in [1.82, 2.24) is 35.1 Å². The molecule has 2 unspecified atom stereocenters. The molecule has 0 saturated carbocycles. The van der Waals surface area contributed by atoms with Crippen LogP contribution in [0.3, 0.4) is 0 Å². The van der Waals surface area contributed by atoms with Gasteiger partial charge in [-0.05, 0) is 74.4 Å². The molecule has 6 aliphatic heterocycles. The molecule has 9 rings (SSSR count). The maximum atomic E-state index is 13.8. The van der Waals surface area contributed by atoms with E-state index in [-0.39, 0.29) is 36.7 Å². The Morgan fingerprint density at radius 1 is 0.860 bits per heavy atom. The minimum Gasteiger partial charge on any atom is -0.507 e. The standard InChI is InChI=1S/C41H48N10O6/c1-46(41(57)49-18-19-50-28(24-49)22-42-37-34(50)21-32(44-45-37)30-4-2-3-5-35(30)52)26-12-14-47(15-13-26)23-25-10-16-48(17-11-25)27-6-7-29-31(20-27)40(56)51(39(29)55)33-8-9-36(53)43-38(33)54/h2-7,20-21,25-26,28,33,52H,8-19,22-24H2,1H3,(H,42,45)(H,43,53,54). The minimum absolute atomic E-state index is 0.0790. The number of para-hydroxylation sites is 1. The van der Waals surface area contributed by atoms with Crippen LogP contribution in [-0.2, 0) is 9.59 Å². The molecule has 0 aliphatic carbocycles. The zero-order chi connectivity index (χ0) is 39.4. The number of nitrogens with one attached hydrogen (secondary N) is 2. The first-order chi connectivity index (χ1) is 27.6. The second-order valence-corrected chi connectivity index (χ2v) is 16.2. The molecule has 6 amide bonds. The SMILES string of the molecule is CN(C(=O)N1CCN2c3cc(-c4ccccc4O)nnc3NCC2C1)C1CCN(CC2CCN(c3ccc4c(c3)C(=O)N(C3CCC(=O)NC3=O)C4=O)CC2)CC1. The summed E-state index contributed by atoms with van der Waals surface area (Å²) in [5, 5.41) is 24.8. The molecule has 0 spiro atoms. The average molecular weight is 777 g/mol. The lowest BCUT2D eigenvalue weighted by molar-refractivity contribution is -0.136. The molecule has 2 aromatic carbocycles. The number of phenols is 1. The van der Waals surface area contributed by atoms with Gasteiger partial charge in [-0.1, -0.05) is 12.1 Å². The van der Waals surface area contributed by atoms with Crippen molar-refractivity contribution in [2.24, 2.45) is 5.92 Å². The van der Waals surface area contributed by atoms with Gasteiger partial charge in [0.05, 0.1) is 28.6 Å². The molecule has 6 aliphatic rings. The molecule has 4 saturated heterocycles. The van der Waals surface area contributed by atoms with E-state index in [1.807, 2.05) is 41.1 Å². The van der Waals surface area contributed by atoms with Crippen LogP contribution in [0.4, 0.5) is 22.0 Å². The molecular weight excluding hydrogens is 729 g/mol. The number of phenolic OH excluding ortho intramolecular Hbond substituents is 1. The average Bonchev–Trinajstić information content (AvgIpc) is 3.48. The third kappa shape index (κ3) is 6.89. The molecular formula is C41H48N10O6. The monoisotopic (exact) mass is 776 g/mol. The molecule has 298 valence electrons. The van der Waals surface area contributed by atoms with Crippen LogP contribution in [0.1, 0.15) is 59.2 Å². The number of fused-ring (bicyclic) bond motifs is 4. The summed E-state index contributed by atoms with van der Waals surface area (Å²) in [6.45, 7) is 7.19. The Bertz CT molecular complexity index is 2110. The number of hydrogen-bond acceptors (Lipinski definition) is 12. The minimum atomic E-state index is -0.972. The van der Waals surface area contributed by atoms with Gasteiger partial charge in [-0.25, -0.2) is 4.79 Å². The third-order valence-corrected chi connectivity index (χ3v) is 12.8. The van der Waals surface area contributed by atoms with Gasteiger partial charge in [0.2, 0.25) is 11.8 Å². The van der Waals surface area contributed by atoms with Gasteiger partial charge in [0, 0.05) is 89.7 Å². The van der Waals surface area contributed by atoms with Gasteiger partial charge in [-0.3, -0.25) is 29.4 Å². The van der Waals surface area contributed by atoms with Crippen LogP contribution >= 0.6 is 0 Å². The Labute approximate surface area is 330 Å². The molecule has 7 heterocycles. The van der Waals surface area contributed by atoms with E-state index in [9.17, 15) is 29.1 Å². The summed E-state index contributed by atoms with van der Waals surface area (Å²) in [6, 6.07) is 13.8. The van der Waals surface area contributed by atoms with Crippen LogP contribution in [-0.4, -0.2) is 149 Å². The van der Waals surface area contributed by atoms with Gasteiger partial charge < -0.3 is 34.9 Å². The zero-order valence-electron chi connectivity index (χ0n) is 32.1. The zero-order valence-corrected chi connectivity index (χ0v) is 32.1. The molecule has 57 heavy (non-hydrogen) atoms. The second kappa shape index (κ2) is 15.0. The smallest absolute Gasteiger partial charge is 0.320 e. The quantitative estimate of drug-likeness (QED) is 0.313. The number of urea groups is 1. The maximum Gasteiger partial charge on any atom is 0.320 e. The molecule has 2 atom stereocenters. The highest BCUT2D eigenvalue weighted by atomic mass is 16.3. The van der Waals surface area contributed by atoms with Crippen molar-refractivity contribution in [3.8, 4) is 17.0 Å². The number of carbonyl (C=O) groups is 5. The fourth-order valence-corrected chi connectivity index (χ4v) is 9.55. The Morgan fingerprint density at radius 3 is 2.40 bits per heavy atom. The summed E-state index contributed by atoms with van der Waals surface area (Å²) >= 11 is 0. The van der Waals surface area contributed by atoms with Gasteiger partial charge >= 0.3 is 6.03 Å². The second-order valence-electron chi connectivity index (χ2n) is 16.2. The predicted molar refractivity (Wildman–Crippen MR) is 211 cm³/mol. The summed E-state index contributed by atoms with van der Waals surface area (Å²) in [6.07, 6.45) is 4.13. The lowest BCUT2D eigenvalue weighted by Crippen LogP contribution is -2.61. The Kier molecular flexibility index (Phi) is 9.67. The molecule has 0 radical (unpaired) electrons. The van der Waals surface area contributed by atoms with Crippen LogP contribution < -0.4 is 20.4 Å². The van der Waals surface area contributed by atoms with Gasteiger partial charge in [0.1, 0.15) is 11.8 Å². The van der Waals surface area contributed by atoms with Crippen molar-refractivity contribution in [2.75, 3.05) is 81.1 Å². The number of anilines is 3. The van der Waals surface area contributed by atoms with Crippen molar-refractivity contribution >= 4 is 46.9 Å². The van der Waals surface area contributed by atoms with Gasteiger partial charge in [0.25, 0.3) is 11.8 Å². The van der Waals surface area contributed by atoms with Gasteiger partial charge in [-0.2, -0.15) is 0 Å². The fourth-order valence-electron chi connectivity index (χ4n) is 9.55. The molecule has 16 nitrogen and oxygen atoms in total. The highest BCUT2D eigenvalue weighted by Crippen LogP contribution is 2.37.